The van der Waals surface area contributed by atoms with E-state index in [1.165, 1.54) is 6.20 Å². The van der Waals surface area contributed by atoms with Crippen molar-refractivity contribution < 1.29 is 19.1 Å². The standard InChI is InChI=1S/C27H22FN3O3.C3H6/c28-34-27(33)22(17-16-19-10-4-1-5-11-19)31-26(32)23-18-29-24(20-12-6-2-7-13-20)25(30-23)21-14-8-3-9-15-21;1-3-2/h1-15,18,22H,16-17H2,(H,31,32);3H,1H2,2H3/t22-;/m0./s1. The van der Waals surface area contributed by atoms with Crippen molar-refractivity contribution in [1.82, 2.24) is 15.3 Å². The Labute approximate surface area is 215 Å². The number of aromatic nitrogens is 2. The first-order valence-electron chi connectivity index (χ1n) is 11.8. The van der Waals surface area contributed by atoms with Gasteiger partial charge in [0.25, 0.3) is 5.91 Å². The molecular weight excluding hydrogens is 469 g/mol. The van der Waals surface area contributed by atoms with Gasteiger partial charge in [0, 0.05) is 15.7 Å². The average molecular weight is 498 g/mol. The fraction of sp³-hybridized carbons (Fsp3) is 0.133. The van der Waals surface area contributed by atoms with Crippen LogP contribution in [0.1, 0.15) is 29.4 Å². The number of rotatable bonds is 8. The summed E-state index contributed by atoms with van der Waals surface area (Å²) in [5.41, 5.74) is 3.73. The lowest BCUT2D eigenvalue weighted by Gasteiger charge is -2.16. The van der Waals surface area contributed by atoms with Crippen molar-refractivity contribution in [2.24, 2.45) is 0 Å². The Kier molecular flexibility index (Phi) is 10.2. The van der Waals surface area contributed by atoms with E-state index >= 15 is 0 Å². The van der Waals surface area contributed by atoms with Crippen molar-refractivity contribution in [2.45, 2.75) is 25.8 Å². The van der Waals surface area contributed by atoms with E-state index < -0.39 is 17.9 Å². The van der Waals surface area contributed by atoms with Gasteiger partial charge in [-0.25, -0.2) is 9.78 Å². The molecule has 0 bridgehead atoms. The van der Waals surface area contributed by atoms with Gasteiger partial charge in [-0.05, 0) is 25.3 Å². The Balaban J connectivity index is 0.00000121. The summed E-state index contributed by atoms with van der Waals surface area (Å²) in [7, 11) is 0. The van der Waals surface area contributed by atoms with Gasteiger partial charge in [0.15, 0.2) is 0 Å². The number of benzene rings is 3. The number of aryl methyl sites for hydroxylation is 1. The highest BCUT2D eigenvalue weighted by Crippen LogP contribution is 2.28. The highest BCUT2D eigenvalue weighted by atomic mass is 19.3. The summed E-state index contributed by atoms with van der Waals surface area (Å²) in [6.45, 7) is 5.25. The van der Waals surface area contributed by atoms with Gasteiger partial charge in [-0.15, -0.1) is 6.58 Å². The van der Waals surface area contributed by atoms with E-state index in [0.717, 1.165) is 16.7 Å². The summed E-state index contributed by atoms with van der Waals surface area (Å²) < 4.78 is 12.7. The Hall–Kier alpha value is -4.65. The maximum atomic E-state index is 13.0. The van der Waals surface area contributed by atoms with Gasteiger partial charge in [-0.3, -0.25) is 14.7 Å². The van der Waals surface area contributed by atoms with E-state index in [1.54, 1.807) is 6.08 Å². The molecule has 1 N–H and O–H groups in total. The zero-order valence-corrected chi connectivity index (χ0v) is 20.5. The predicted molar refractivity (Wildman–Crippen MR) is 142 cm³/mol. The van der Waals surface area contributed by atoms with Gasteiger partial charge in [-0.1, -0.05) is 97.1 Å². The van der Waals surface area contributed by atoms with E-state index in [9.17, 15) is 14.1 Å². The number of carbonyl (C=O) groups excluding carboxylic acids is 2. The molecule has 1 atom stereocenters. The Bertz CT molecular complexity index is 1300. The van der Waals surface area contributed by atoms with Crippen LogP contribution in [0.25, 0.3) is 22.5 Å². The molecule has 1 amide bonds. The Morgan fingerprint density at radius 2 is 1.43 bits per heavy atom. The number of nitrogens with one attached hydrogen (secondary N) is 1. The van der Waals surface area contributed by atoms with E-state index in [4.69, 9.17) is 0 Å². The third kappa shape index (κ3) is 7.67. The third-order valence-electron chi connectivity index (χ3n) is 5.33. The molecule has 0 fully saturated rings. The van der Waals surface area contributed by atoms with Crippen LogP contribution in [0.2, 0.25) is 0 Å². The van der Waals surface area contributed by atoms with Crippen LogP contribution >= 0.6 is 0 Å². The SMILES string of the molecule is C=CC.O=C(N[C@@H](CCc1ccccc1)C(=O)OF)c1cnc(-c2ccccc2)c(-c2ccccc2)n1. The molecule has 0 saturated carbocycles. The minimum Gasteiger partial charge on any atom is -0.337 e. The molecule has 0 unspecified atom stereocenters. The third-order valence-corrected chi connectivity index (χ3v) is 5.33. The highest BCUT2D eigenvalue weighted by Gasteiger charge is 2.25. The molecule has 0 aliphatic heterocycles. The van der Waals surface area contributed by atoms with E-state index in [0.29, 0.717) is 17.8 Å². The molecule has 188 valence electrons. The predicted octanol–water partition coefficient (Wildman–Crippen LogP) is 6.16. The van der Waals surface area contributed by atoms with Crippen LogP contribution in [-0.2, 0) is 16.2 Å². The number of hydrogen-bond acceptors (Lipinski definition) is 5. The first-order chi connectivity index (χ1) is 18.1. The molecule has 1 aromatic heterocycles. The molecule has 37 heavy (non-hydrogen) atoms. The topological polar surface area (TPSA) is 81.2 Å². The second-order valence-corrected chi connectivity index (χ2v) is 8.04. The molecule has 0 saturated heterocycles. The number of amides is 1. The largest absolute Gasteiger partial charge is 0.370 e. The summed E-state index contributed by atoms with van der Waals surface area (Å²) >= 11 is 0. The normalized spacial score (nSPS) is 10.9. The molecule has 6 nitrogen and oxygen atoms in total. The molecule has 0 radical (unpaired) electrons. The van der Waals surface area contributed by atoms with Crippen LogP contribution in [-0.4, -0.2) is 27.9 Å². The van der Waals surface area contributed by atoms with Crippen LogP contribution in [0.15, 0.2) is 110 Å². The maximum absolute atomic E-state index is 13.0. The fourth-order valence-corrected chi connectivity index (χ4v) is 3.59. The minimum absolute atomic E-state index is 0.00917. The van der Waals surface area contributed by atoms with Crippen molar-refractivity contribution in [3.05, 3.63) is 121 Å². The lowest BCUT2D eigenvalue weighted by Crippen LogP contribution is -2.41. The molecule has 0 aliphatic rings. The first kappa shape index (κ1) is 26.9. The molecule has 4 aromatic rings. The van der Waals surface area contributed by atoms with Gasteiger partial charge in [0.05, 0.1) is 17.6 Å². The zero-order chi connectivity index (χ0) is 26.5. The van der Waals surface area contributed by atoms with Crippen molar-refractivity contribution >= 4 is 11.9 Å². The summed E-state index contributed by atoms with van der Waals surface area (Å²) in [5, 5.41) is 2.54. The number of hydrogen-bond donors (Lipinski definition) is 1. The second kappa shape index (κ2) is 14.0. The lowest BCUT2D eigenvalue weighted by atomic mass is 10.0. The molecule has 7 heteroatoms. The summed E-state index contributed by atoms with van der Waals surface area (Å²) in [5.74, 6) is -1.81. The number of carbonyl (C=O) groups is 2. The van der Waals surface area contributed by atoms with Crippen LogP contribution in [0.4, 0.5) is 4.53 Å². The zero-order valence-electron chi connectivity index (χ0n) is 20.5. The maximum Gasteiger partial charge on any atom is 0.370 e. The molecule has 1 heterocycles. The van der Waals surface area contributed by atoms with Crippen LogP contribution in [0.3, 0.4) is 0 Å². The number of allylic oxidation sites excluding steroid dienone is 1. The highest BCUT2D eigenvalue weighted by molar-refractivity contribution is 5.96. The molecule has 0 aliphatic carbocycles. The fourth-order valence-electron chi connectivity index (χ4n) is 3.59. The lowest BCUT2D eigenvalue weighted by molar-refractivity contribution is -0.186. The first-order valence-corrected chi connectivity index (χ1v) is 11.8. The number of nitrogens with zero attached hydrogens (tertiary/aromatic N) is 2. The Morgan fingerprint density at radius 3 is 1.97 bits per heavy atom. The van der Waals surface area contributed by atoms with Gasteiger partial charge < -0.3 is 5.32 Å². The molecule has 0 spiro atoms. The summed E-state index contributed by atoms with van der Waals surface area (Å²) in [6.07, 6.45) is 3.72. The van der Waals surface area contributed by atoms with E-state index in [1.807, 2.05) is 97.9 Å². The molecular formula is C30H28FN3O3. The minimum atomic E-state index is -1.17. The van der Waals surface area contributed by atoms with Gasteiger partial charge >= 0.3 is 5.97 Å². The van der Waals surface area contributed by atoms with Gasteiger partial charge in [-0.2, -0.15) is 0 Å². The van der Waals surface area contributed by atoms with Crippen molar-refractivity contribution in [3.8, 4) is 22.5 Å². The van der Waals surface area contributed by atoms with Crippen LogP contribution in [0.5, 0.6) is 0 Å². The summed E-state index contributed by atoms with van der Waals surface area (Å²) in [6, 6.07) is 27.1. The van der Waals surface area contributed by atoms with Crippen LogP contribution in [0, 0.1) is 0 Å². The van der Waals surface area contributed by atoms with Crippen molar-refractivity contribution in [2.75, 3.05) is 0 Å². The average Bonchev–Trinajstić information content (AvgIpc) is 2.96. The quantitative estimate of drug-likeness (QED) is 0.295. The second-order valence-electron chi connectivity index (χ2n) is 8.04. The smallest absolute Gasteiger partial charge is 0.337 e. The monoisotopic (exact) mass is 497 g/mol. The van der Waals surface area contributed by atoms with Crippen molar-refractivity contribution in [3.63, 3.8) is 0 Å². The number of halogens is 1. The van der Waals surface area contributed by atoms with Crippen LogP contribution < -0.4 is 5.32 Å². The molecule has 4 rings (SSSR count). The summed E-state index contributed by atoms with van der Waals surface area (Å²) in [4.78, 5) is 37.4. The Morgan fingerprint density at radius 1 is 0.919 bits per heavy atom. The van der Waals surface area contributed by atoms with Gasteiger partial charge in [0.1, 0.15) is 11.7 Å². The van der Waals surface area contributed by atoms with E-state index in [-0.39, 0.29) is 12.1 Å². The molecule has 3 aromatic carbocycles. The van der Waals surface area contributed by atoms with Crippen molar-refractivity contribution in [1.29, 1.82) is 0 Å². The van der Waals surface area contributed by atoms with E-state index in [2.05, 4.69) is 26.8 Å². The van der Waals surface area contributed by atoms with Gasteiger partial charge in [0.2, 0.25) is 0 Å².